The molecule has 1 aliphatic rings. The summed E-state index contributed by atoms with van der Waals surface area (Å²) in [7, 11) is 0. The number of carbonyl (C=O) groups is 2. The van der Waals surface area contributed by atoms with Crippen molar-refractivity contribution in [2.45, 2.75) is 45.8 Å². The first kappa shape index (κ1) is 28.3. The molecule has 9 nitrogen and oxygen atoms in total. The first-order chi connectivity index (χ1) is 20.5. The van der Waals surface area contributed by atoms with Gasteiger partial charge in [-0.3, -0.25) is 9.59 Å². The van der Waals surface area contributed by atoms with Gasteiger partial charge in [0.2, 0.25) is 0 Å². The zero-order chi connectivity index (χ0) is 30.5. The Hall–Kier alpha value is -4.78. The van der Waals surface area contributed by atoms with Crippen molar-refractivity contribution in [1.82, 2.24) is 19.5 Å². The number of alkyl halides is 3. The third-order valence-corrected chi connectivity index (χ3v) is 8.06. The molecule has 3 heterocycles. The van der Waals surface area contributed by atoms with E-state index in [0.29, 0.717) is 45.8 Å². The highest BCUT2D eigenvalue weighted by Gasteiger charge is 2.35. The molecule has 13 heteroatoms. The van der Waals surface area contributed by atoms with Gasteiger partial charge < -0.3 is 20.5 Å². The molecule has 3 N–H and O–H groups in total. The Morgan fingerprint density at radius 2 is 1.79 bits per heavy atom. The minimum Gasteiger partial charge on any atom is -0.366 e. The maximum absolute atomic E-state index is 14.0. The molecule has 1 fully saturated rings. The normalized spacial score (nSPS) is 13.3. The van der Waals surface area contributed by atoms with E-state index < -0.39 is 17.6 Å². The third-order valence-electron chi connectivity index (χ3n) is 7.09. The van der Waals surface area contributed by atoms with E-state index in [1.807, 2.05) is 0 Å². The van der Waals surface area contributed by atoms with Crippen molar-refractivity contribution in [2.75, 3.05) is 16.0 Å². The highest BCUT2D eigenvalue weighted by atomic mass is 32.1. The van der Waals surface area contributed by atoms with E-state index in [1.165, 1.54) is 40.6 Å². The van der Waals surface area contributed by atoms with Crippen LogP contribution in [0.25, 0.3) is 15.9 Å². The minimum absolute atomic E-state index is 0.121. The first-order valence-electron chi connectivity index (χ1n) is 13.4. The van der Waals surface area contributed by atoms with Crippen LogP contribution in [0.15, 0.2) is 54.3 Å². The van der Waals surface area contributed by atoms with Gasteiger partial charge in [-0.2, -0.15) is 13.2 Å². The molecule has 0 atom stereocenters. The van der Waals surface area contributed by atoms with Crippen molar-refractivity contribution in [3.05, 3.63) is 88.1 Å². The van der Waals surface area contributed by atoms with E-state index in [1.54, 1.807) is 44.4 Å². The molecule has 1 aliphatic carbocycles. The molecule has 0 spiro atoms. The Morgan fingerprint density at radius 1 is 1.00 bits per heavy atom. The molecule has 0 radical (unpaired) electrons. The summed E-state index contributed by atoms with van der Waals surface area (Å²) in [5.41, 5.74) is 1.71. The number of fused-ring (bicyclic) bond motifs is 1. The second-order valence-electron chi connectivity index (χ2n) is 10.4. The highest BCUT2D eigenvalue weighted by molar-refractivity contribution is 7.18. The fourth-order valence-corrected chi connectivity index (χ4v) is 5.69. The maximum Gasteiger partial charge on any atom is 0.418 e. The predicted molar refractivity (Wildman–Crippen MR) is 159 cm³/mol. The van der Waals surface area contributed by atoms with Crippen LogP contribution in [0.3, 0.4) is 0 Å². The van der Waals surface area contributed by atoms with Gasteiger partial charge in [-0.05, 0) is 69.5 Å². The topological polar surface area (TPSA) is 114 Å². The highest BCUT2D eigenvalue weighted by Crippen LogP contribution is 2.36. The average Bonchev–Trinajstić information content (AvgIpc) is 3.55. The minimum atomic E-state index is -4.71. The number of amides is 2. The lowest BCUT2D eigenvalue weighted by molar-refractivity contribution is -0.137. The van der Waals surface area contributed by atoms with Crippen molar-refractivity contribution in [3.63, 3.8) is 0 Å². The summed E-state index contributed by atoms with van der Waals surface area (Å²) in [6.07, 6.45) is 0.388. The van der Waals surface area contributed by atoms with Gasteiger partial charge in [0.25, 0.3) is 11.8 Å². The lowest BCUT2D eigenvalue weighted by atomic mass is 10.1. The number of nitrogens with one attached hydrogen (secondary N) is 3. The van der Waals surface area contributed by atoms with Crippen LogP contribution in [0, 0.1) is 20.8 Å². The number of aromatic nitrogens is 4. The number of thiophene rings is 1. The number of halogens is 3. The van der Waals surface area contributed by atoms with E-state index >= 15 is 0 Å². The number of aryl methyl sites for hydroxylation is 3. The fourth-order valence-electron chi connectivity index (χ4n) is 4.74. The van der Waals surface area contributed by atoms with Crippen LogP contribution >= 0.6 is 11.3 Å². The third kappa shape index (κ3) is 5.80. The van der Waals surface area contributed by atoms with Gasteiger partial charge in [-0.15, -0.1) is 11.3 Å². The molecule has 2 amide bonds. The van der Waals surface area contributed by atoms with Crippen molar-refractivity contribution in [1.29, 1.82) is 0 Å². The van der Waals surface area contributed by atoms with Crippen molar-refractivity contribution in [3.8, 4) is 5.69 Å². The molecular weight excluding hydrogens is 579 g/mol. The summed E-state index contributed by atoms with van der Waals surface area (Å²) in [6, 6.07) is 8.68. The van der Waals surface area contributed by atoms with Crippen LogP contribution in [0.2, 0.25) is 0 Å². The number of nitrogens with zero attached hydrogens (tertiary/aromatic N) is 4. The van der Waals surface area contributed by atoms with Gasteiger partial charge >= 0.3 is 6.18 Å². The SMILES string of the molecule is Cc1cn(-c2ccc(C(=O)Nc3ccc(C)c(NC(=O)c4csc5c(NC6CC6)ncnc45)c3)cc2C(F)(F)F)c(C)n1. The second-order valence-corrected chi connectivity index (χ2v) is 11.3. The standard InChI is InChI=1S/C30H26F3N7O2S/c1-15-4-6-20(11-23(15)39-29(42)21-13-43-26-25(21)34-14-35-27(26)37-19-7-8-19)38-28(41)18-5-9-24(22(10-18)30(31,32)33)40-12-16(2)36-17(40)3/h4-6,9-14,19H,7-8H2,1-3H3,(H,38,41)(H,39,42)(H,34,35,37). The Balaban J connectivity index is 1.23. The summed E-state index contributed by atoms with van der Waals surface area (Å²) >= 11 is 1.38. The van der Waals surface area contributed by atoms with E-state index in [0.717, 1.165) is 29.2 Å². The van der Waals surface area contributed by atoms with E-state index in [2.05, 4.69) is 30.9 Å². The number of hydrogen-bond acceptors (Lipinski definition) is 7. The van der Waals surface area contributed by atoms with Gasteiger partial charge in [-0.25, -0.2) is 15.0 Å². The van der Waals surface area contributed by atoms with Crippen LogP contribution in [-0.2, 0) is 6.18 Å². The number of hydrogen-bond donors (Lipinski definition) is 3. The van der Waals surface area contributed by atoms with Crippen LogP contribution < -0.4 is 16.0 Å². The number of benzene rings is 2. The first-order valence-corrected chi connectivity index (χ1v) is 14.3. The fraction of sp³-hybridized carbons (Fsp3) is 0.233. The molecule has 6 rings (SSSR count). The van der Waals surface area contributed by atoms with E-state index in [-0.39, 0.29) is 17.2 Å². The Labute approximate surface area is 248 Å². The zero-order valence-electron chi connectivity index (χ0n) is 23.3. The molecule has 0 saturated heterocycles. The number of rotatable bonds is 7. The monoisotopic (exact) mass is 605 g/mol. The summed E-state index contributed by atoms with van der Waals surface area (Å²) in [4.78, 5) is 39.2. The lowest BCUT2D eigenvalue weighted by Gasteiger charge is -2.16. The smallest absolute Gasteiger partial charge is 0.366 e. The van der Waals surface area contributed by atoms with Crippen LogP contribution in [0.4, 0.5) is 30.4 Å². The van der Waals surface area contributed by atoms with Crippen LogP contribution in [-0.4, -0.2) is 37.4 Å². The second kappa shape index (κ2) is 10.8. The zero-order valence-corrected chi connectivity index (χ0v) is 24.2. The van der Waals surface area contributed by atoms with Crippen molar-refractivity contribution in [2.24, 2.45) is 0 Å². The summed E-state index contributed by atoms with van der Waals surface area (Å²) in [5.74, 6) is -0.0144. The molecule has 43 heavy (non-hydrogen) atoms. The Morgan fingerprint density at radius 3 is 2.49 bits per heavy atom. The summed E-state index contributed by atoms with van der Waals surface area (Å²) < 4.78 is 44.3. The maximum atomic E-state index is 14.0. The Kier molecular flexibility index (Phi) is 7.12. The molecular formula is C30H26F3N7O2S. The van der Waals surface area contributed by atoms with E-state index in [4.69, 9.17) is 0 Å². The molecule has 5 aromatic rings. The molecule has 0 aliphatic heterocycles. The van der Waals surface area contributed by atoms with Crippen molar-refractivity contribution >= 4 is 50.6 Å². The molecule has 1 saturated carbocycles. The predicted octanol–water partition coefficient (Wildman–Crippen LogP) is 6.90. The number of imidazole rings is 1. The molecule has 0 bridgehead atoms. The summed E-state index contributed by atoms with van der Waals surface area (Å²) in [5, 5.41) is 10.6. The van der Waals surface area contributed by atoms with Gasteiger partial charge in [0.1, 0.15) is 18.0 Å². The quantitative estimate of drug-likeness (QED) is 0.186. The van der Waals surface area contributed by atoms with Gasteiger partial charge in [0.05, 0.1) is 32.7 Å². The van der Waals surface area contributed by atoms with Gasteiger partial charge in [0.15, 0.2) is 0 Å². The van der Waals surface area contributed by atoms with Crippen molar-refractivity contribution < 1.29 is 22.8 Å². The van der Waals surface area contributed by atoms with Gasteiger partial charge in [0, 0.05) is 34.6 Å². The molecule has 0 unspecified atom stereocenters. The molecule has 2 aromatic carbocycles. The number of carbonyl (C=O) groups excluding carboxylic acids is 2. The average molecular weight is 606 g/mol. The Bertz CT molecular complexity index is 1890. The number of anilines is 3. The lowest BCUT2D eigenvalue weighted by Crippen LogP contribution is -2.17. The summed E-state index contributed by atoms with van der Waals surface area (Å²) in [6.45, 7) is 5.09. The van der Waals surface area contributed by atoms with Gasteiger partial charge in [-0.1, -0.05) is 6.07 Å². The largest absolute Gasteiger partial charge is 0.418 e. The van der Waals surface area contributed by atoms with Crippen LogP contribution in [0.1, 0.15) is 56.2 Å². The van der Waals surface area contributed by atoms with Crippen LogP contribution in [0.5, 0.6) is 0 Å². The molecule has 220 valence electrons. The van der Waals surface area contributed by atoms with E-state index in [9.17, 15) is 22.8 Å². The molecule has 3 aromatic heterocycles.